The van der Waals surface area contributed by atoms with E-state index in [0.717, 1.165) is 11.3 Å². The van der Waals surface area contributed by atoms with E-state index in [1.54, 1.807) is 18.2 Å². The molecule has 88 valence electrons. The van der Waals surface area contributed by atoms with E-state index in [1.807, 2.05) is 19.1 Å². The third-order valence-corrected chi connectivity index (χ3v) is 2.56. The third kappa shape index (κ3) is 3.07. The molecule has 0 radical (unpaired) electrons. The molecule has 0 saturated carbocycles. The molecule has 0 aliphatic carbocycles. The summed E-state index contributed by atoms with van der Waals surface area (Å²) in [6.45, 7) is 2.31. The van der Waals surface area contributed by atoms with Crippen molar-refractivity contribution in [2.75, 3.05) is 0 Å². The van der Waals surface area contributed by atoms with Gasteiger partial charge in [-0.05, 0) is 30.7 Å². The van der Waals surface area contributed by atoms with Crippen molar-refractivity contribution in [3.8, 4) is 0 Å². The van der Waals surface area contributed by atoms with Gasteiger partial charge in [-0.1, -0.05) is 23.7 Å². The summed E-state index contributed by atoms with van der Waals surface area (Å²) in [6, 6.07) is 9.04. The van der Waals surface area contributed by atoms with Gasteiger partial charge < -0.3 is 5.32 Å². The van der Waals surface area contributed by atoms with Gasteiger partial charge in [0.25, 0.3) is 5.91 Å². The summed E-state index contributed by atoms with van der Waals surface area (Å²) in [5, 5.41) is 10.1. The zero-order chi connectivity index (χ0) is 12.3. The second kappa shape index (κ2) is 5.01. The maximum absolute atomic E-state index is 11.7. The van der Waals surface area contributed by atoms with Crippen LogP contribution >= 0.6 is 11.6 Å². The van der Waals surface area contributed by atoms with E-state index in [4.69, 9.17) is 11.6 Å². The molecule has 0 unspecified atom stereocenters. The van der Waals surface area contributed by atoms with Crippen molar-refractivity contribution < 1.29 is 4.79 Å². The van der Waals surface area contributed by atoms with E-state index in [0.29, 0.717) is 17.3 Å². The molecule has 17 heavy (non-hydrogen) atoms. The molecule has 2 rings (SSSR count). The SMILES string of the molecule is Cc1cc(C(=O)NCc2ccc(Cl)cc2)n[nH]1. The minimum Gasteiger partial charge on any atom is -0.347 e. The zero-order valence-corrected chi connectivity index (χ0v) is 10.1. The standard InChI is InChI=1S/C12H12ClN3O/c1-8-6-11(16-15-8)12(17)14-7-9-2-4-10(13)5-3-9/h2-6H,7H2,1H3,(H,14,17)(H,15,16). The van der Waals surface area contributed by atoms with Crippen LogP contribution < -0.4 is 5.32 Å². The van der Waals surface area contributed by atoms with Gasteiger partial charge in [-0.25, -0.2) is 0 Å². The predicted molar refractivity (Wildman–Crippen MR) is 65.9 cm³/mol. The number of nitrogens with zero attached hydrogens (tertiary/aromatic N) is 1. The number of aryl methyl sites for hydroxylation is 1. The normalized spacial score (nSPS) is 10.2. The Labute approximate surface area is 104 Å². The summed E-state index contributed by atoms with van der Waals surface area (Å²) in [7, 11) is 0. The molecule has 2 N–H and O–H groups in total. The molecule has 2 aromatic rings. The number of aromatic nitrogens is 2. The summed E-state index contributed by atoms with van der Waals surface area (Å²) in [5.41, 5.74) is 2.26. The van der Waals surface area contributed by atoms with Gasteiger partial charge in [0.1, 0.15) is 5.69 Å². The summed E-state index contributed by atoms with van der Waals surface area (Å²) < 4.78 is 0. The highest BCUT2D eigenvalue weighted by Gasteiger charge is 2.08. The first-order valence-corrected chi connectivity index (χ1v) is 5.57. The lowest BCUT2D eigenvalue weighted by Crippen LogP contribution is -2.23. The Balaban J connectivity index is 1.94. The molecule has 0 aliphatic rings. The van der Waals surface area contributed by atoms with Gasteiger partial charge in [0, 0.05) is 17.3 Å². The molecule has 0 atom stereocenters. The number of halogens is 1. The van der Waals surface area contributed by atoms with Crippen LogP contribution in [0.1, 0.15) is 21.7 Å². The maximum atomic E-state index is 11.7. The van der Waals surface area contributed by atoms with Crippen LogP contribution in [-0.2, 0) is 6.54 Å². The van der Waals surface area contributed by atoms with Crippen LogP contribution in [0, 0.1) is 6.92 Å². The Bertz CT molecular complexity index is 519. The number of hydrogen-bond donors (Lipinski definition) is 2. The van der Waals surface area contributed by atoms with Gasteiger partial charge >= 0.3 is 0 Å². The molecule has 0 spiro atoms. The predicted octanol–water partition coefficient (Wildman–Crippen LogP) is 2.30. The van der Waals surface area contributed by atoms with Gasteiger partial charge in [-0.2, -0.15) is 5.10 Å². The second-order valence-corrected chi connectivity index (χ2v) is 4.18. The summed E-state index contributed by atoms with van der Waals surface area (Å²) in [5.74, 6) is -0.190. The lowest BCUT2D eigenvalue weighted by molar-refractivity contribution is 0.0946. The number of benzene rings is 1. The fraction of sp³-hybridized carbons (Fsp3) is 0.167. The van der Waals surface area contributed by atoms with Crippen molar-refractivity contribution in [3.05, 3.63) is 52.3 Å². The molecular formula is C12H12ClN3O. The second-order valence-electron chi connectivity index (χ2n) is 3.75. The molecule has 0 bridgehead atoms. The Morgan fingerprint density at radius 2 is 2.12 bits per heavy atom. The van der Waals surface area contributed by atoms with Crippen molar-refractivity contribution in [1.29, 1.82) is 0 Å². The molecule has 0 aliphatic heterocycles. The Hall–Kier alpha value is -1.81. The van der Waals surface area contributed by atoms with E-state index in [2.05, 4.69) is 15.5 Å². The maximum Gasteiger partial charge on any atom is 0.272 e. The fourth-order valence-corrected chi connectivity index (χ4v) is 1.54. The first-order chi connectivity index (χ1) is 8.15. The monoisotopic (exact) mass is 249 g/mol. The first kappa shape index (κ1) is 11.7. The highest BCUT2D eigenvalue weighted by Crippen LogP contribution is 2.09. The van der Waals surface area contributed by atoms with Crippen molar-refractivity contribution in [2.45, 2.75) is 13.5 Å². The number of rotatable bonds is 3. The molecule has 1 amide bonds. The molecule has 4 nitrogen and oxygen atoms in total. The van der Waals surface area contributed by atoms with E-state index >= 15 is 0 Å². The van der Waals surface area contributed by atoms with Crippen molar-refractivity contribution in [3.63, 3.8) is 0 Å². The van der Waals surface area contributed by atoms with E-state index in [1.165, 1.54) is 0 Å². The van der Waals surface area contributed by atoms with Crippen LogP contribution in [0.15, 0.2) is 30.3 Å². The van der Waals surface area contributed by atoms with Crippen molar-refractivity contribution in [2.24, 2.45) is 0 Å². The smallest absolute Gasteiger partial charge is 0.272 e. The number of carbonyl (C=O) groups excluding carboxylic acids is 1. The van der Waals surface area contributed by atoms with Crippen molar-refractivity contribution >= 4 is 17.5 Å². The van der Waals surface area contributed by atoms with Gasteiger partial charge in [0.2, 0.25) is 0 Å². The number of hydrogen-bond acceptors (Lipinski definition) is 2. The minimum absolute atomic E-state index is 0.190. The molecule has 1 heterocycles. The highest BCUT2D eigenvalue weighted by molar-refractivity contribution is 6.30. The quantitative estimate of drug-likeness (QED) is 0.877. The van der Waals surface area contributed by atoms with Crippen LogP contribution in [-0.4, -0.2) is 16.1 Å². The van der Waals surface area contributed by atoms with Crippen LogP contribution in [0.5, 0.6) is 0 Å². The Kier molecular flexibility index (Phi) is 3.44. The van der Waals surface area contributed by atoms with Crippen LogP contribution in [0.2, 0.25) is 5.02 Å². The number of aromatic amines is 1. The van der Waals surface area contributed by atoms with Gasteiger partial charge in [-0.3, -0.25) is 9.89 Å². The summed E-state index contributed by atoms with van der Waals surface area (Å²) in [6.07, 6.45) is 0. The minimum atomic E-state index is -0.190. The van der Waals surface area contributed by atoms with Crippen molar-refractivity contribution in [1.82, 2.24) is 15.5 Å². The molecule has 1 aromatic carbocycles. The largest absolute Gasteiger partial charge is 0.347 e. The lowest BCUT2D eigenvalue weighted by Gasteiger charge is -2.03. The molecule has 0 fully saturated rings. The fourth-order valence-electron chi connectivity index (χ4n) is 1.41. The summed E-state index contributed by atoms with van der Waals surface area (Å²) >= 11 is 5.77. The molecule has 0 saturated heterocycles. The zero-order valence-electron chi connectivity index (χ0n) is 9.33. The number of nitrogens with one attached hydrogen (secondary N) is 2. The Morgan fingerprint density at radius 3 is 2.71 bits per heavy atom. The average Bonchev–Trinajstić information content (AvgIpc) is 2.75. The Morgan fingerprint density at radius 1 is 1.41 bits per heavy atom. The van der Waals surface area contributed by atoms with Crippen LogP contribution in [0.25, 0.3) is 0 Å². The van der Waals surface area contributed by atoms with Crippen LogP contribution in [0.4, 0.5) is 0 Å². The van der Waals surface area contributed by atoms with Gasteiger partial charge in [-0.15, -0.1) is 0 Å². The molecular weight excluding hydrogens is 238 g/mol. The van der Waals surface area contributed by atoms with E-state index in [-0.39, 0.29) is 5.91 Å². The van der Waals surface area contributed by atoms with Gasteiger partial charge in [0.15, 0.2) is 0 Å². The third-order valence-electron chi connectivity index (χ3n) is 2.30. The highest BCUT2D eigenvalue weighted by atomic mass is 35.5. The summed E-state index contributed by atoms with van der Waals surface area (Å²) in [4.78, 5) is 11.7. The van der Waals surface area contributed by atoms with E-state index in [9.17, 15) is 4.79 Å². The van der Waals surface area contributed by atoms with E-state index < -0.39 is 0 Å². The molecule has 5 heteroatoms. The topological polar surface area (TPSA) is 57.8 Å². The van der Waals surface area contributed by atoms with Crippen LogP contribution in [0.3, 0.4) is 0 Å². The molecule has 1 aromatic heterocycles. The number of H-pyrrole nitrogens is 1. The number of carbonyl (C=O) groups is 1. The van der Waals surface area contributed by atoms with Gasteiger partial charge in [0.05, 0.1) is 0 Å². The number of amides is 1. The lowest BCUT2D eigenvalue weighted by atomic mass is 10.2. The first-order valence-electron chi connectivity index (χ1n) is 5.20. The average molecular weight is 250 g/mol.